The van der Waals surface area contributed by atoms with Crippen molar-refractivity contribution in [3.8, 4) is 22.9 Å². The molecular weight excluding hydrogens is 691 g/mol. The topological polar surface area (TPSA) is 168 Å². The first-order chi connectivity index (χ1) is 24.3. The van der Waals surface area contributed by atoms with E-state index in [0.717, 1.165) is 18.2 Å². The van der Waals surface area contributed by atoms with Gasteiger partial charge in [0.25, 0.3) is 0 Å². The third kappa shape index (κ3) is 8.46. The number of aryl methyl sites for hydroxylation is 1. The Hall–Kier alpha value is -5.06. The monoisotopic (exact) mass is 727 g/mol. The van der Waals surface area contributed by atoms with Crippen LogP contribution in [0.15, 0.2) is 54.7 Å². The number of hydrogen-bond donors (Lipinski definition) is 2. The minimum Gasteiger partial charge on any atom is -0.466 e. The lowest BCUT2D eigenvalue weighted by molar-refractivity contribution is -0.147. The van der Waals surface area contributed by atoms with E-state index in [9.17, 15) is 18.0 Å². The number of nitrogens with two attached hydrogens (primary N) is 1. The SMILES string of the molecule is CCOC(=O)[C@H](C)Cc1cccc(C(=O)c2nc(-c3cc(Oc4c(F)c(F)c5[nH]ccc5c4CS(=O)(=O)CCOCCN)ccc3F)n(C)n2)c1. The molecule has 0 radical (unpaired) electrons. The van der Waals surface area contributed by atoms with Crippen LogP contribution in [0.5, 0.6) is 11.5 Å². The van der Waals surface area contributed by atoms with Gasteiger partial charge in [0.1, 0.15) is 11.6 Å². The first-order valence-corrected chi connectivity index (χ1v) is 17.8. The highest BCUT2D eigenvalue weighted by Crippen LogP contribution is 2.39. The molecule has 51 heavy (non-hydrogen) atoms. The lowest BCUT2D eigenvalue weighted by Crippen LogP contribution is -2.18. The Bertz CT molecular complexity index is 2190. The largest absolute Gasteiger partial charge is 0.466 e. The number of benzene rings is 3. The molecule has 0 bridgehead atoms. The molecule has 0 unspecified atom stereocenters. The van der Waals surface area contributed by atoms with Crippen LogP contribution in [0.25, 0.3) is 22.3 Å². The predicted molar refractivity (Wildman–Crippen MR) is 181 cm³/mol. The highest BCUT2D eigenvalue weighted by Gasteiger charge is 2.27. The summed E-state index contributed by atoms with van der Waals surface area (Å²) in [5, 5.41) is 4.26. The molecular formula is C35H36F3N5O7S. The minimum absolute atomic E-state index is 0.0774. The molecule has 0 aliphatic rings. The summed E-state index contributed by atoms with van der Waals surface area (Å²) in [5.41, 5.74) is 5.74. The highest BCUT2D eigenvalue weighted by atomic mass is 32.2. The smallest absolute Gasteiger partial charge is 0.308 e. The molecule has 1 atom stereocenters. The van der Waals surface area contributed by atoms with E-state index in [1.54, 1.807) is 38.1 Å². The summed E-state index contributed by atoms with van der Waals surface area (Å²) in [6.07, 6.45) is 1.66. The van der Waals surface area contributed by atoms with Gasteiger partial charge in [-0.3, -0.25) is 9.59 Å². The number of halogens is 3. The summed E-state index contributed by atoms with van der Waals surface area (Å²) in [6.45, 7) is 3.88. The lowest BCUT2D eigenvalue weighted by atomic mass is 9.98. The average molecular weight is 728 g/mol. The van der Waals surface area contributed by atoms with Crippen molar-refractivity contribution < 1.29 is 45.4 Å². The second kappa shape index (κ2) is 15.9. The molecule has 16 heteroatoms. The van der Waals surface area contributed by atoms with Crippen LogP contribution in [0.1, 0.15) is 41.2 Å². The Balaban J connectivity index is 1.45. The average Bonchev–Trinajstić information content (AvgIpc) is 3.75. The molecule has 270 valence electrons. The second-order valence-electron chi connectivity index (χ2n) is 11.7. The van der Waals surface area contributed by atoms with Crippen LogP contribution >= 0.6 is 0 Å². The number of aromatic nitrogens is 4. The van der Waals surface area contributed by atoms with Gasteiger partial charge in [-0.05, 0) is 49.2 Å². The number of fused-ring (bicyclic) bond motifs is 1. The third-order valence-electron chi connectivity index (χ3n) is 7.91. The molecule has 5 aromatic rings. The van der Waals surface area contributed by atoms with Crippen molar-refractivity contribution in [3.05, 3.63) is 94.7 Å². The number of aromatic amines is 1. The molecule has 3 N–H and O–H groups in total. The van der Waals surface area contributed by atoms with Crippen LogP contribution < -0.4 is 10.5 Å². The van der Waals surface area contributed by atoms with Crippen LogP contribution in [0.3, 0.4) is 0 Å². The summed E-state index contributed by atoms with van der Waals surface area (Å²) in [4.78, 5) is 32.4. The summed E-state index contributed by atoms with van der Waals surface area (Å²) < 4.78 is 89.2. The van der Waals surface area contributed by atoms with Crippen molar-refractivity contribution in [1.82, 2.24) is 19.7 Å². The van der Waals surface area contributed by atoms with Gasteiger partial charge in [-0.25, -0.2) is 26.9 Å². The molecule has 3 aromatic carbocycles. The molecule has 0 saturated carbocycles. The van der Waals surface area contributed by atoms with Crippen molar-refractivity contribution in [1.29, 1.82) is 0 Å². The van der Waals surface area contributed by atoms with E-state index in [0.29, 0.717) is 12.0 Å². The van der Waals surface area contributed by atoms with Gasteiger partial charge in [0.2, 0.25) is 17.4 Å². The maximum absolute atomic E-state index is 15.6. The van der Waals surface area contributed by atoms with Crippen LogP contribution in [0.2, 0.25) is 0 Å². The summed E-state index contributed by atoms with van der Waals surface area (Å²) in [6, 6.07) is 11.3. The number of ketones is 1. The number of carbonyl (C=O) groups excluding carboxylic acids is 2. The number of hydrogen-bond acceptors (Lipinski definition) is 10. The second-order valence-corrected chi connectivity index (χ2v) is 13.9. The number of sulfone groups is 1. The molecule has 0 aliphatic carbocycles. The number of rotatable bonds is 16. The van der Waals surface area contributed by atoms with Gasteiger partial charge in [-0.2, -0.15) is 4.39 Å². The zero-order valence-electron chi connectivity index (χ0n) is 28.0. The molecule has 0 aliphatic heterocycles. The Kier molecular flexibility index (Phi) is 11.6. The third-order valence-corrected chi connectivity index (χ3v) is 9.42. The molecule has 5 rings (SSSR count). The predicted octanol–water partition coefficient (Wildman–Crippen LogP) is 5.04. The zero-order valence-corrected chi connectivity index (χ0v) is 28.9. The standard InChI is InChI=1S/C35H36F3N5O7S/c1-4-49-35(45)20(2)16-21-6-5-7-22(17-21)31(44)33-41-34(43(3)42-33)25-18-23(8-9-27(25)36)50-32-26(19-51(46,47)15-14-48-13-11-39)24-10-12-40-30(24)28(37)29(32)38/h5-10,12,17-18,20,40H,4,11,13-16,19,39H2,1-3H3/t20-/m1/s1. The summed E-state index contributed by atoms with van der Waals surface area (Å²) in [7, 11) is -2.48. The highest BCUT2D eigenvalue weighted by molar-refractivity contribution is 7.90. The number of esters is 1. The fourth-order valence-electron chi connectivity index (χ4n) is 5.44. The van der Waals surface area contributed by atoms with E-state index >= 15 is 13.2 Å². The quantitative estimate of drug-likeness (QED) is 0.0799. The molecule has 2 aromatic heterocycles. The Morgan fingerprint density at radius 2 is 1.84 bits per heavy atom. The number of ether oxygens (including phenoxy) is 3. The van der Waals surface area contributed by atoms with Crippen LogP contribution in [0.4, 0.5) is 13.2 Å². The van der Waals surface area contributed by atoms with Crippen molar-refractivity contribution in [2.45, 2.75) is 26.0 Å². The van der Waals surface area contributed by atoms with Gasteiger partial charge in [0, 0.05) is 36.3 Å². The Labute approximate surface area is 291 Å². The molecule has 0 amide bonds. The zero-order chi connectivity index (χ0) is 36.9. The van der Waals surface area contributed by atoms with Crippen molar-refractivity contribution in [2.75, 3.05) is 32.1 Å². The number of H-pyrrole nitrogens is 1. The molecule has 0 saturated heterocycles. The maximum Gasteiger partial charge on any atom is 0.308 e. The van der Waals surface area contributed by atoms with Crippen molar-refractivity contribution in [2.24, 2.45) is 18.7 Å². The molecule has 0 spiro atoms. The van der Waals surface area contributed by atoms with Gasteiger partial charge in [0.05, 0.1) is 48.3 Å². The first-order valence-electron chi connectivity index (χ1n) is 16.0. The van der Waals surface area contributed by atoms with Gasteiger partial charge in [-0.1, -0.05) is 25.1 Å². The van der Waals surface area contributed by atoms with E-state index in [4.69, 9.17) is 19.9 Å². The van der Waals surface area contributed by atoms with Crippen LogP contribution in [0, 0.1) is 23.4 Å². The number of nitrogens with one attached hydrogen (secondary N) is 1. The number of nitrogens with zero attached hydrogens (tertiary/aromatic N) is 3. The van der Waals surface area contributed by atoms with E-state index < -0.39 is 56.2 Å². The van der Waals surface area contributed by atoms with Crippen molar-refractivity contribution >= 4 is 32.5 Å². The van der Waals surface area contributed by atoms with Gasteiger partial charge in [0.15, 0.2) is 27.2 Å². The fraction of sp³-hybridized carbons (Fsp3) is 0.314. The fourth-order valence-corrected chi connectivity index (χ4v) is 6.68. The van der Waals surface area contributed by atoms with Gasteiger partial charge in [-0.15, -0.1) is 5.10 Å². The normalized spacial score (nSPS) is 12.3. The van der Waals surface area contributed by atoms with E-state index in [1.165, 1.54) is 24.0 Å². The molecule has 0 fully saturated rings. The van der Waals surface area contributed by atoms with Crippen LogP contribution in [-0.2, 0) is 43.3 Å². The molecule has 12 nitrogen and oxygen atoms in total. The van der Waals surface area contributed by atoms with Gasteiger partial charge < -0.3 is 24.9 Å². The summed E-state index contributed by atoms with van der Waals surface area (Å²) in [5.74, 6) is -7.24. The van der Waals surface area contributed by atoms with E-state index in [2.05, 4.69) is 15.1 Å². The Morgan fingerprint density at radius 3 is 2.59 bits per heavy atom. The molecule has 2 heterocycles. The Morgan fingerprint density at radius 1 is 1.06 bits per heavy atom. The van der Waals surface area contributed by atoms with E-state index in [1.807, 2.05) is 0 Å². The summed E-state index contributed by atoms with van der Waals surface area (Å²) >= 11 is 0. The van der Waals surface area contributed by atoms with Crippen molar-refractivity contribution in [3.63, 3.8) is 0 Å². The van der Waals surface area contributed by atoms with E-state index in [-0.39, 0.29) is 77.3 Å². The minimum atomic E-state index is -3.92. The first kappa shape index (κ1) is 37.2. The number of carbonyl (C=O) groups is 2. The van der Waals surface area contributed by atoms with Gasteiger partial charge >= 0.3 is 5.97 Å². The lowest BCUT2D eigenvalue weighted by Gasteiger charge is -2.16. The maximum atomic E-state index is 15.6. The van der Waals surface area contributed by atoms with Crippen LogP contribution in [-0.4, -0.2) is 72.0 Å².